The Bertz CT molecular complexity index is 108. The molecule has 58 valence electrons. The van der Waals surface area contributed by atoms with E-state index in [1.54, 1.807) is 0 Å². The maximum Gasteiger partial charge on any atom is 0.00450 e. The molecule has 10 heavy (non-hydrogen) atoms. The van der Waals surface area contributed by atoms with E-state index in [-0.39, 0.29) is 0 Å². The van der Waals surface area contributed by atoms with Crippen LogP contribution in [0.3, 0.4) is 0 Å². The number of hydrogen-bond acceptors (Lipinski definition) is 2. The van der Waals surface area contributed by atoms with Gasteiger partial charge in [0, 0.05) is 6.04 Å². The SMILES string of the molecule is NC1CC2CNCC(C1)C2. The van der Waals surface area contributed by atoms with Crippen LogP contribution in [0.1, 0.15) is 19.3 Å². The predicted molar refractivity (Wildman–Crippen MR) is 41.7 cm³/mol. The monoisotopic (exact) mass is 140 g/mol. The third-order valence-corrected chi connectivity index (χ3v) is 2.80. The molecule has 1 heterocycles. The van der Waals surface area contributed by atoms with Crippen molar-refractivity contribution in [1.29, 1.82) is 0 Å². The van der Waals surface area contributed by atoms with Crippen molar-refractivity contribution in [2.24, 2.45) is 17.6 Å². The quantitative estimate of drug-likeness (QED) is 0.509. The number of rotatable bonds is 0. The van der Waals surface area contributed by atoms with Crippen molar-refractivity contribution in [3.63, 3.8) is 0 Å². The summed E-state index contributed by atoms with van der Waals surface area (Å²) in [5.74, 6) is 1.78. The molecule has 0 spiro atoms. The number of nitrogens with one attached hydrogen (secondary N) is 1. The molecule has 2 nitrogen and oxygen atoms in total. The van der Waals surface area contributed by atoms with Gasteiger partial charge in [-0.25, -0.2) is 0 Å². The van der Waals surface area contributed by atoms with Gasteiger partial charge in [-0.2, -0.15) is 0 Å². The molecule has 2 fully saturated rings. The summed E-state index contributed by atoms with van der Waals surface area (Å²) in [5.41, 5.74) is 5.90. The Labute approximate surface area is 62.2 Å². The molecule has 1 aliphatic carbocycles. The average Bonchev–Trinajstić information content (AvgIpc) is 1.85. The molecule has 1 aliphatic heterocycles. The van der Waals surface area contributed by atoms with E-state index in [0.717, 1.165) is 11.8 Å². The molecule has 2 bridgehead atoms. The van der Waals surface area contributed by atoms with Gasteiger partial charge in [-0.15, -0.1) is 0 Å². The fraction of sp³-hybridized carbons (Fsp3) is 1.00. The van der Waals surface area contributed by atoms with Crippen molar-refractivity contribution < 1.29 is 0 Å². The van der Waals surface area contributed by atoms with E-state index in [1.807, 2.05) is 0 Å². The van der Waals surface area contributed by atoms with Gasteiger partial charge in [-0.3, -0.25) is 0 Å². The van der Waals surface area contributed by atoms with Gasteiger partial charge in [0.2, 0.25) is 0 Å². The first-order chi connectivity index (χ1) is 4.84. The second-order valence-electron chi connectivity index (χ2n) is 3.86. The second-order valence-corrected chi connectivity index (χ2v) is 3.86. The zero-order valence-corrected chi connectivity index (χ0v) is 6.34. The van der Waals surface area contributed by atoms with Crippen LogP contribution in [0, 0.1) is 11.8 Å². The van der Waals surface area contributed by atoms with Crippen LogP contribution >= 0.6 is 0 Å². The minimum absolute atomic E-state index is 0.505. The molecule has 2 heteroatoms. The molecule has 2 atom stereocenters. The van der Waals surface area contributed by atoms with E-state index in [9.17, 15) is 0 Å². The lowest BCUT2D eigenvalue weighted by atomic mass is 9.76. The van der Waals surface area contributed by atoms with Crippen LogP contribution in [0.15, 0.2) is 0 Å². The molecule has 0 aromatic rings. The van der Waals surface area contributed by atoms with Crippen molar-refractivity contribution in [3.8, 4) is 0 Å². The second kappa shape index (κ2) is 2.51. The fourth-order valence-corrected chi connectivity index (χ4v) is 2.44. The Balaban J connectivity index is 1.98. The van der Waals surface area contributed by atoms with Crippen LogP contribution in [0.5, 0.6) is 0 Å². The lowest BCUT2D eigenvalue weighted by Crippen LogP contribution is -2.45. The molecule has 2 rings (SSSR count). The summed E-state index contributed by atoms with van der Waals surface area (Å²) in [4.78, 5) is 0. The maximum atomic E-state index is 5.90. The largest absolute Gasteiger partial charge is 0.328 e. The predicted octanol–water partition coefficient (Wildman–Crippen LogP) is 0.333. The van der Waals surface area contributed by atoms with Crippen molar-refractivity contribution in [2.45, 2.75) is 25.3 Å². The van der Waals surface area contributed by atoms with Crippen molar-refractivity contribution in [3.05, 3.63) is 0 Å². The first kappa shape index (κ1) is 6.62. The topological polar surface area (TPSA) is 38.0 Å². The molecule has 0 radical (unpaired) electrons. The van der Waals surface area contributed by atoms with Crippen LogP contribution in [0.2, 0.25) is 0 Å². The zero-order chi connectivity index (χ0) is 6.97. The molecular weight excluding hydrogens is 124 g/mol. The summed E-state index contributed by atoms with van der Waals surface area (Å²) in [5, 5.41) is 3.45. The summed E-state index contributed by atoms with van der Waals surface area (Å²) in [6.07, 6.45) is 3.94. The summed E-state index contributed by atoms with van der Waals surface area (Å²) in [6.45, 7) is 2.42. The van der Waals surface area contributed by atoms with Crippen LogP contribution in [-0.2, 0) is 0 Å². The standard InChI is InChI=1S/C8H16N2/c9-8-2-6-1-7(3-8)5-10-4-6/h6-8,10H,1-5,9H2. The Kier molecular flexibility index (Phi) is 1.66. The van der Waals surface area contributed by atoms with Gasteiger partial charge < -0.3 is 11.1 Å². The van der Waals surface area contributed by atoms with Gasteiger partial charge in [0.15, 0.2) is 0 Å². The first-order valence-corrected chi connectivity index (χ1v) is 4.31. The molecular formula is C8H16N2. The van der Waals surface area contributed by atoms with E-state index in [2.05, 4.69) is 5.32 Å². The van der Waals surface area contributed by atoms with Gasteiger partial charge in [-0.05, 0) is 44.2 Å². The summed E-state index contributed by atoms with van der Waals surface area (Å²) in [7, 11) is 0. The number of fused-ring (bicyclic) bond motifs is 2. The number of nitrogens with two attached hydrogens (primary N) is 1. The molecule has 1 saturated heterocycles. The van der Waals surface area contributed by atoms with Crippen molar-refractivity contribution >= 4 is 0 Å². The van der Waals surface area contributed by atoms with Crippen molar-refractivity contribution in [2.75, 3.05) is 13.1 Å². The highest BCUT2D eigenvalue weighted by molar-refractivity contribution is 4.86. The smallest absolute Gasteiger partial charge is 0.00450 e. The zero-order valence-electron chi connectivity index (χ0n) is 6.34. The van der Waals surface area contributed by atoms with Gasteiger partial charge in [0.1, 0.15) is 0 Å². The summed E-state index contributed by atoms with van der Waals surface area (Å²) >= 11 is 0. The third-order valence-electron chi connectivity index (χ3n) is 2.80. The van der Waals surface area contributed by atoms with Crippen molar-refractivity contribution in [1.82, 2.24) is 5.32 Å². The fourth-order valence-electron chi connectivity index (χ4n) is 2.44. The average molecular weight is 140 g/mol. The lowest BCUT2D eigenvalue weighted by Gasteiger charge is -2.37. The van der Waals surface area contributed by atoms with Gasteiger partial charge in [0.05, 0.1) is 0 Å². The van der Waals surface area contributed by atoms with Gasteiger partial charge >= 0.3 is 0 Å². The van der Waals surface area contributed by atoms with Crippen LogP contribution in [-0.4, -0.2) is 19.1 Å². The lowest BCUT2D eigenvalue weighted by molar-refractivity contribution is 0.188. The Morgan fingerprint density at radius 2 is 1.60 bits per heavy atom. The molecule has 2 unspecified atom stereocenters. The molecule has 0 aromatic carbocycles. The minimum atomic E-state index is 0.505. The normalized spacial score (nSPS) is 47.1. The molecule has 3 N–H and O–H groups in total. The summed E-state index contributed by atoms with van der Waals surface area (Å²) < 4.78 is 0. The minimum Gasteiger partial charge on any atom is -0.328 e. The third kappa shape index (κ3) is 1.18. The highest BCUT2D eigenvalue weighted by atomic mass is 14.9. The van der Waals surface area contributed by atoms with E-state index < -0.39 is 0 Å². The van der Waals surface area contributed by atoms with E-state index >= 15 is 0 Å². The molecule has 2 aliphatic rings. The van der Waals surface area contributed by atoms with Crippen LogP contribution in [0.4, 0.5) is 0 Å². The van der Waals surface area contributed by atoms with Gasteiger partial charge in [-0.1, -0.05) is 0 Å². The number of hydrogen-bond donors (Lipinski definition) is 2. The molecule has 1 saturated carbocycles. The highest BCUT2D eigenvalue weighted by Crippen LogP contribution is 2.30. The van der Waals surface area contributed by atoms with Gasteiger partial charge in [0.25, 0.3) is 0 Å². The van der Waals surface area contributed by atoms with E-state index in [4.69, 9.17) is 5.73 Å². The Hall–Kier alpha value is -0.0800. The highest BCUT2D eigenvalue weighted by Gasteiger charge is 2.29. The Morgan fingerprint density at radius 3 is 2.20 bits per heavy atom. The van der Waals surface area contributed by atoms with E-state index in [1.165, 1.54) is 32.4 Å². The van der Waals surface area contributed by atoms with Crippen LogP contribution in [0.25, 0.3) is 0 Å². The van der Waals surface area contributed by atoms with E-state index in [0.29, 0.717) is 6.04 Å². The summed E-state index contributed by atoms with van der Waals surface area (Å²) in [6, 6.07) is 0.505. The first-order valence-electron chi connectivity index (χ1n) is 4.31. The maximum absolute atomic E-state index is 5.90. The van der Waals surface area contributed by atoms with Crippen LogP contribution < -0.4 is 11.1 Å². The molecule has 0 aromatic heterocycles. The number of piperidine rings is 1. The Morgan fingerprint density at radius 1 is 1.00 bits per heavy atom. The molecule has 0 amide bonds.